The molecule has 0 amide bonds. The average molecular weight is 224 g/mol. The summed E-state index contributed by atoms with van der Waals surface area (Å²) in [6.07, 6.45) is 0. The van der Waals surface area contributed by atoms with E-state index in [4.69, 9.17) is 14.6 Å². The number of carbonyl (C=O) groups is 1. The van der Waals surface area contributed by atoms with Crippen LogP contribution in [0.3, 0.4) is 0 Å². The summed E-state index contributed by atoms with van der Waals surface area (Å²) in [5, 5.41) is 8.90. The van der Waals surface area contributed by atoms with Gasteiger partial charge in [-0.1, -0.05) is 6.07 Å². The van der Waals surface area contributed by atoms with Gasteiger partial charge in [0.05, 0.1) is 19.6 Å². The molecular weight excluding hydrogens is 208 g/mol. The summed E-state index contributed by atoms with van der Waals surface area (Å²) >= 11 is 0. The predicted octanol–water partition coefficient (Wildman–Crippen LogP) is 2.28. The molecule has 0 heterocycles. The number of hydrogen-bond acceptors (Lipinski definition) is 3. The van der Waals surface area contributed by atoms with Crippen LogP contribution in [0.25, 0.3) is 0 Å². The van der Waals surface area contributed by atoms with Crippen LogP contribution in [0.15, 0.2) is 18.2 Å². The molecule has 4 heteroatoms. The molecule has 1 N–H and O–H groups in total. The van der Waals surface area contributed by atoms with E-state index in [1.165, 1.54) is 7.11 Å². The average Bonchev–Trinajstić information content (AvgIpc) is 2.29. The van der Waals surface area contributed by atoms with Gasteiger partial charge < -0.3 is 14.6 Å². The second kappa shape index (κ2) is 5.39. The Kier molecular flexibility index (Phi) is 4.17. The highest BCUT2D eigenvalue weighted by Gasteiger charge is 2.15. The molecule has 0 aromatic heterocycles. The van der Waals surface area contributed by atoms with Gasteiger partial charge in [0.2, 0.25) is 0 Å². The zero-order valence-corrected chi connectivity index (χ0v) is 9.69. The highest BCUT2D eigenvalue weighted by atomic mass is 16.5. The largest absolute Gasteiger partial charge is 0.493 e. The summed E-state index contributed by atoms with van der Waals surface area (Å²) in [6, 6.07) is 5.17. The fraction of sp³-hybridized carbons (Fsp3) is 0.417. The quantitative estimate of drug-likeness (QED) is 0.833. The van der Waals surface area contributed by atoms with Gasteiger partial charge in [-0.15, -0.1) is 0 Å². The molecule has 16 heavy (non-hydrogen) atoms. The molecule has 0 unspecified atom stereocenters. The fourth-order valence-corrected chi connectivity index (χ4v) is 1.37. The first-order valence-corrected chi connectivity index (χ1v) is 5.13. The number of carboxylic acids is 1. The first-order valence-electron chi connectivity index (χ1n) is 5.13. The molecule has 0 saturated heterocycles. The number of carboxylic acid groups (broad SMARTS) is 1. The van der Waals surface area contributed by atoms with Gasteiger partial charge in [0.1, 0.15) is 0 Å². The van der Waals surface area contributed by atoms with Crippen LogP contribution in [-0.2, 0) is 4.79 Å². The fourth-order valence-electron chi connectivity index (χ4n) is 1.37. The van der Waals surface area contributed by atoms with Crippen LogP contribution in [0.5, 0.6) is 11.5 Å². The number of rotatable bonds is 5. The van der Waals surface area contributed by atoms with Crippen LogP contribution in [0.4, 0.5) is 0 Å². The highest BCUT2D eigenvalue weighted by Crippen LogP contribution is 2.30. The molecule has 88 valence electrons. The number of hydrogen-bond donors (Lipinski definition) is 1. The third kappa shape index (κ3) is 2.66. The second-order valence-electron chi connectivity index (χ2n) is 3.40. The monoisotopic (exact) mass is 224 g/mol. The Balaban J connectivity index is 3.03. The number of methoxy groups -OCH3 is 1. The molecule has 0 bridgehead atoms. The third-order valence-electron chi connectivity index (χ3n) is 2.36. The van der Waals surface area contributed by atoms with Gasteiger partial charge in [-0.25, -0.2) is 0 Å². The Morgan fingerprint density at radius 3 is 2.62 bits per heavy atom. The van der Waals surface area contributed by atoms with E-state index in [0.717, 1.165) is 0 Å². The van der Waals surface area contributed by atoms with Crippen LogP contribution < -0.4 is 9.47 Å². The Bertz CT molecular complexity index is 373. The topological polar surface area (TPSA) is 55.8 Å². The van der Waals surface area contributed by atoms with Crippen LogP contribution >= 0.6 is 0 Å². The van der Waals surface area contributed by atoms with E-state index in [2.05, 4.69) is 0 Å². The first kappa shape index (κ1) is 12.4. The van der Waals surface area contributed by atoms with Gasteiger partial charge >= 0.3 is 5.97 Å². The summed E-state index contributed by atoms with van der Waals surface area (Å²) in [7, 11) is 1.53. The van der Waals surface area contributed by atoms with Crippen LogP contribution in [0.1, 0.15) is 25.3 Å². The molecule has 1 aromatic carbocycles. The van der Waals surface area contributed by atoms with Crippen molar-refractivity contribution in [2.45, 2.75) is 19.8 Å². The van der Waals surface area contributed by atoms with Crippen molar-refractivity contribution in [2.24, 2.45) is 0 Å². The molecule has 0 radical (unpaired) electrons. The lowest BCUT2D eigenvalue weighted by Gasteiger charge is -2.12. The molecule has 1 atom stereocenters. The Labute approximate surface area is 94.8 Å². The summed E-state index contributed by atoms with van der Waals surface area (Å²) in [5.74, 6) is -0.213. The van der Waals surface area contributed by atoms with Gasteiger partial charge in [-0.3, -0.25) is 4.79 Å². The zero-order chi connectivity index (χ0) is 12.1. The van der Waals surface area contributed by atoms with E-state index in [1.54, 1.807) is 25.1 Å². The normalized spacial score (nSPS) is 11.9. The van der Waals surface area contributed by atoms with E-state index in [1.807, 2.05) is 6.92 Å². The molecule has 0 fully saturated rings. The van der Waals surface area contributed by atoms with Crippen molar-refractivity contribution in [1.82, 2.24) is 0 Å². The minimum Gasteiger partial charge on any atom is -0.493 e. The van der Waals surface area contributed by atoms with Gasteiger partial charge in [-0.2, -0.15) is 0 Å². The Morgan fingerprint density at radius 1 is 1.44 bits per heavy atom. The minimum absolute atomic E-state index is 0.546. The molecule has 4 nitrogen and oxygen atoms in total. The van der Waals surface area contributed by atoms with E-state index in [9.17, 15) is 4.79 Å². The molecule has 0 aliphatic heterocycles. The van der Waals surface area contributed by atoms with Gasteiger partial charge in [0.25, 0.3) is 0 Å². The zero-order valence-electron chi connectivity index (χ0n) is 9.69. The second-order valence-corrected chi connectivity index (χ2v) is 3.40. The molecule has 0 saturated carbocycles. The van der Waals surface area contributed by atoms with Crippen molar-refractivity contribution < 1.29 is 19.4 Å². The molecule has 0 aliphatic rings. The lowest BCUT2D eigenvalue weighted by Crippen LogP contribution is -2.07. The van der Waals surface area contributed by atoms with Gasteiger partial charge in [-0.05, 0) is 31.5 Å². The lowest BCUT2D eigenvalue weighted by atomic mass is 10.0. The van der Waals surface area contributed by atoms with E-state index >= 15 is 0 Å². The highest BCUT2D eigenvalue weighted by molar-refractivity contribution is 5.75. The summed E-state index contributed by atoms with van der Waals surface area (Å²) in [4.78, 5) is 10.8. The molecular formula is C12H16O4. The summed E-state index contributed by atoms with van der Waals surface area (Å²) in [6.45, 7) is 4.06. The van der Waals surface area contributed by atoms with Crippen LogP contribution in [-0.4, -0.2) is 24.8 Å². The summed E-state index contributed by atoms with van der Waals surface area (Å²) < 4.78 is 10.5. The Hall–Kier alpha value is -1.71. The predicted molar refractivity (Wildman–Crippen MR) is 60.2 cm³/mol. The first-order chi connectivity index (χ1) is 7.60. The maximum absolute atomic E-state index is 10.8. The molecule has 0 aliphatic carbocycles. The number of aliphatic carboxylic acids is 1. The number of benzene rings is 1. The SMILES string of the molecule is CCOc1ccc([C@H](C)C(=O)O)cc1OC. The number of ether oxygens (including phenoxy) is 2. The maximum Gasteiger partial charge on any atom is 0.310 e. The molecule has 1 aromatic rings. The van der Waals surface area contributed by atoms with E-state index < -0.39 is 11.9 Å². The smallest absolute Gasteiger partial charge is 0.310 e. The third-order valence-corrected chi connectivity index (χ3v) is 2.36. The minimum atomic E-state index is -0.855. The van der Waals surface area contributed by atoms with Crippen molar-refractivity contribution in [3.05, 3.63) is 23.8 Å². The maximum atomic E-state index is 10.8. The van der Waals surface area contributed by atoms with Crippen molar-refractivity contribution in [2.75, 3.05) is 13.7 Å². The van der Waals surface area contributed by atoms with Crippen molar-refractivity contribution in [1.29, 1.82) is 0 Å². The summed E-state index contributed by atoms with van der Waals surface area (Å²) in [5.41, 5.74) is 0.702. The van der Waals surface area contributed by atoms with Crippen molar-refractivity contribution in [3.63, 3.8) is 0 Å². The van der Waals surface area contributed by atoms with Crippen molar-refractivity contribution in [3.8, 4) is 11.5 Å². The standard InChI is InChI=1S/C12H16O4/c1-4-16-10-6-5-9(7-11(10)15-3)8(2)12(13)14/h5-8H,4H2,1-3H3,(H,13,14)/t8-/m0/s1. The van der Waals surface area contributed by atoms with Gasteiger partial charge in [0.15, 0.2) is 11.5 Å². The lowest BCUT2D eigenvalue weighted by molar-refractivity contribution is -0.138. The molecule has 0 spiro atoms. The van der Waals surface area contributed by atoms with Crippen molar-refractivity contribution >= 4 is 5.97 Å². The van der Waals surface area contributed by atoms with Crippen LogP contribution in [0, 0.1) is 0 Å². The Morgan fingerprint density at radius 2 is 2.12 bits per heavy atom. The van der Waals surface area contributed by atoms with E-state index in [0.29, 0.717) is 23.7 Å². The van der Waals surface area contributed by atoms with Gasteiger partial charge in [0, 0.05) is 0 Å². The van der Waals surface area contributed by atoms with Crippen LogP contribution in [0.2, 0.25) is 0 Å². The molecule has 1 rings (SSSR count). The van der Waals surface area contributed by atoms with E-state index in [-0.39, 0.29) is 0 Å².